The third-order valence-corrected chi connectivity index (χ3v) is 2.95. The van der Waals surface area contributed by atoms with E-state index in [2.05, 4.69) is 10.3 Å². The fourth-order valence-electron chi connectivity index (χ4n) is 1.71. The molecule has 0 saturated carbocycles. The lowest BCUT2D eigenvalue weighted by molar-refractivity contribution is -0.122. The zero-order valence-corrected chi connectivity index (χ0v) is 11.9. The summed E-state index contributed by atoms with van der Waals surface area (Å²) in [4.78, 5) is 16.2. The Labute approximate surface area is 118 Å². The van der Waals surface area contributed by atoms with Gasteiger partial charge < -0.3 is 10.1 Å². The first kappa shape index (κ1) is 14.1. The molecule has 0 aliphatic carbocycles. The predicted molar refractivity (Wildman–Crippen MR) is 78.9 cm³/mol. The third-order valence-electron chi connectivity index (χ3n) is 2.95. The van der Waals surface area contributed by atoms with Crippen molar-refractivity contribution in [1.82, 2.24) is 4.98 Å². The number of anilines is 1. The van der Waals surface area contributed by atoms with Crippen LogP contribution in [0.25, 0.3) is 0 Å². The van der Waals surface area contributed by atoms with Gasteiger partial charge in [0.15, 0.2) is 6.10 Å². The first-order valence-corrected chi connectivity index (χ1v) is 6.52. The normalized spacial score (nSPS) is 11.8. The Bertz CT molecular complexity index is 594. The van der Waals surface area contributed by atoms with E-state index in [4.69, 9.17) is 4.74 Å². The number of hydrogen-bond acceptors (Lipinski definition) is 3. The highest BCUT2D eigenvalue weighted by Crippen LogP contribution is 2.15. The average molecular weight is 270 g/mol. The molecule has 1 atom stereocenters. The number of nitrogens with zero attached hydrogens (tertiary/aromatic N) is 1. The molecule has 1 heterocycles. The monoisotopic (exact) mass is 270 g/mol. The minimum Gasteiger partial charge on any atom is -0.481 e. The summed E-state index contributed by atoms with van der Waals surface area (Å²) in [7, 11) is 0. The van der Waals surface area contributed by atoms with Crippen molar-refractivity contribution in [1.29, 1.82) is 0 Å². The van der Waals surface area contributed by atoms with Crippen LogP contribution in [0.4, 0.5) is 5.82 Å². The lowest BCUT2D eigenvalue weighted by atomic mass is 10.2. The molecule has 4 nitrogen and oxygen atoms in total. The van der Waals surface area contributed by atoms with Crippen molar-refractivity contribution in [2.75, 3.05) is 5.32 Å². The SMILES string of the molecule is Cc1ccc(O[C@@H](C)C(=O)Nc2ncccc2C)cc1. The van der Waals surface area contributed by atoms with Gasteiger partial charge in [-0.15, -0.1) is 0 Å². The maximum Gasteiger partial charge on any atom is 0.266 e. The van der Waals surface area contributed by atoms with Crippen LogP contribution in [0.3, 0.4) is 0 Å². The molecule has 2 rings (SSSR count). The molecular formula is C16H18N2O2. The second-order valence-corrected chi connectivity index (χ2v) is 4.73. The highest BCUT2D eigenvalue weighted by atomic mass is 16.5. The third kappa shape index (κ3) is 3.57. The molecule has 1 aromatic carbocycles. The largest absolute Gasteiger partial charge is 0.481 e. The van der Waals surface area contributed by atoms with Crippen LogP contribution in [0.5, 0.6) is 5.75 Å². The van der Waals surface area contributed by atoms with Crippen molar-refractivity contribution in [3.8, 4) is 5.75 Å². The van der Waals surface area contributed by atoms with Gasteiger partial charge in [-0.3, -0.25) is 4.79 Å². The fraction of sp³-hybridized carbons (Fsp3) is 0.250. The van der Waals surface area contributed by atoms with E-state index >= 15 is 0 Å². The Balaban J connectivity index is 1.99. The van der Waals surface area contributed by atoms with Crippen LogP contribution in [0.2, 0.25) is 0 Å². The summed E-state index contributed by atoms with van der Waals surface area (Å²) in [6.45, 7) is 5.62. The standard InChI is InChI=1S/C16H18N2O2/c1-11-6-8-14(9-7-11)20-13(3)16(19)18-15-12(2)5-4-10-17-15/h4-10,13H,1-3H3,(H,17,18,19)/t13-/m0/s1. The number of hydrogen-bond donors (Lipinski definition) is 1. The van der Waals surface area contributed by atoms with E-state index in [0.29, 0.717) is 11.6 Å². The lowest BCUT2D eigenvalue weighted by Crippen LogP contribution is -2.30. The van der Waals surface area contributed by atoms with Crippen LogP contribution in [-0.4, -0.2) is 17.0 Å². The Morgan fingerprint density at radius 1 is 1.20 bits per heavy atom. The van der Waals surface area contributed by atoms with Crippen molar-refractivity contribution < 1.29 is 9.53 Å². The van der Waals surface area contributed by atoms with Crippen molar-refractivity contribution in [2.24, 2.45) is 0 Å². The number of amides is 1. The molecule has 0 saturated heterocycles. The van der Waals surface area contributed by atoms with Gasteiger partial charge in [0.2, 0.25) is 0 Å². The first-order valence-electron chi connectivity index (χ1n) is 6.52. The zero-order chi connectivity index (χ0) is 14.5. The molecule has 2 aromatic rings. The molecule has 20 heavy (non-hydrogen) atoms. The molecule has 0 unspecified atom stereocenters. The molecule has 0 aliphatic heterocycles. The van der Waals surface area contributed by atoms with Crippen molar-refractivity contribution in [3.05, 3.63) is 53.7 Å². The predicted octanol–water partition coefficient (Wildman–Crippen LogP) is 3.10. The smallest absolute Gasteiger partial charge is 0.266 e. The maximum absolute atomic E-state index is 12.1. The topological polar surface area (TPSA) is 51.2 Å². The number of rotatable bonds is 4. The summed E-state index contributed by atoms with van der Waals surface area (Å²) < 4.78 is 5.60. The quantitative estimate of drug-likeness (QED) is 0.928. The number of aromatic nitrogens is 1. The minimum absolute atomic E-state index is 0.215. The number of carbonyl (C=O) groups excluding carboxylic acids is 1. The van der Waals surface area contributed by atoms with Crippen molar-refractivity contribution in [2.45, 2.75) is 26.9 Å². The van der Waals surface area contributed by atoms with Crippen LogP contribution in [0, 0.1) is 13.8 Å². The molecule has 0 fully saturated rings. The number of ether oxygens (including phenoxy) is 1. The Morgan fingerprint density at radius 3 is 2.55 bits per heavy atom. The number of nitrogens with one attached hydrogen (secondary N) is 1. The summed E-state index contributed by atoms with van der Waals surface area (Å²) in [5.41, 5.74) is 2.07. The number of carbonyl (C=O) groups is 1. The van der Waals surface area contributed by atoms with Crippen molar-refractivity contribution >= 4 is 11.7 Å². The summed E-state index contributed by atoms with van der Waals surface area (Å²) in [6, 6.07) is 11.3. The van der Waals surface area contributed by atoms with Crippen LogP contribution >= 0.6 is 0 Å². The molecule has 4 heteroatoms. The van der Waals surface area contributed by atoms with Gasteiger partial charge in [0.25, 0.3) is 5.91 Å². The second-order valence-electron chi connectivity index (χ2n) is 4.73. The van der Waals surface area contributed by atoms with Gasteiger partial charge in [-0.1, -0.05) is 23.8 Å². The summed E-state index contributed by atoms with van der Waals surface area (Å²) in [5.74, 6) is 1.03. The summed E-state index contributed by atoms with van der Waals surface area (Å²) >= 11 is 0. The highest BCUT2D eigenvalue weighted by molar-refractivity contribution is 5.93. The number of benzene rings is 1. The fourth-order valence-corrected chi connectivity index (χ4v) is 1.71. The van der Waals surface area contributed by atoms with E-state index in [1.54, 1.807) is 13.1 Å². The molecule has 1 aromatic heterocycles. The number of pyridine rings is 1. The van der Waals surface area contributed by atoms with E-state index in [0.717, 1.165) is 11.1 Å². The number of aryl methyl sites for hydroxylation is 2. The highest BCUT2D eigenvalue weighted by Gasteiger charge is 2.16. The molecule has 0 spiro atoms. The van der Waals surface area contributed by atoms with Crippen LogP contribution in [0.1, 0.15) is 18.1 Å². The van der Waals surface area contributed by atoms with E-state index in [-0.39, 0.29) is 5.91 Å². The summed E-state index contributed by atoms with van der Waals surface area (Å²) in [5, 5.41) is 2.77. The Hall–Kier alpha value is -2.36. The molecule has 1 N–H and O–H groups in total. The molecule has 104 valence electrons. The van der Waals surface area contributed by atoms with E-state index in [1.165, 1.54) is 0 Å². The van der Waals surface area contributed by atoms with Gasteiger partial charge in [0, 0.05) is 6.20 Å². The van der Waals surface area contributed by atoms with Crippen LogP contribution < -0.4 is 10.1 Å². The Kier molecular flexibility index (Phi) is 4.35. The molecule has 0 bridgehead atoms. The molecule has 0 radical (unpaired) electrons. The van der Waals surface area contributed by atoms with Gasteiger partial charge in [-0.2, -0.15) is 0 Å². The average Bonchev–Trinajstić information content (AvgIpc) is 2.44. The van der Waals surface area contributed by atoms with Gasteiger partial charge in [0.1, 0.15) is 11.6 Å². The van der Waals surface area contributed by atoms with Gasteiger partial charge in [-0.25, -0.2) is 4.98 Å². The summed E-state index contributed by atoms with van der Waals surface area (Å²) in [6.07, 6.45) is 1.06. The minimum atomic E-state index is -0.584. The van der Waals surface area contributed by atoms with Crippen molar-refractivity contribution in [3.63, 3.8) is 0 Å². The van der Waals surface area contributed by atoms with E-state index < -0.39 is 6.10 Å². The van der Waals surface area contributed by atoms with E-state index in [9.17, 15) is 4.79 Å². The zero-order valence-electron chi connectivity index (χ0n) is 11.9. The van der Waals surface area contributed by atoms with Gasteiger partial charge in [0.05, 0.1) is 0 Å². The molecule has 1 amide bonds. The lowest BCUT2D eigenvalue weighted by Gasteiger charge is -2.15. The molecule has 0 aliphatic rings. The van der Waals surface area contributed by atoms with E-state index in [1.807, 2.05) is 50.2 Å². The maximum atomic E-state index is 12.1. The second kappa shape index (κ2) is 6.19. The Morgan fingerprint density at radius 2 is 1.90 bits per heavy atom. The molecular weight excluding hydrogens is 252 g/mol. The van der Waals surface area contributed by atoms with Gasteiger partial charge in [-0.05, 0) is 44.5 Å². The van der Waals surface area contributed by atoms with Crippen LogP contribution in [-0.2, 0) is 4.79 Å². The first-order chi connectivity index (χ1) is 9.56. The van der Waals surface area contributed by atoms with Gasteiger partial charge >= 0.3 is 0 Å². The van der Waals surface area contributed by atoms with Crippen LogP contribution in [0.15, 0.2) is 42.6 Å².